The summed E-state index contributed by atoms with van der Waals surface area (Å²) in [5, 5.41) is 0. The highest BCUT2D eigenvalue weighted by molar-refractivity contribution is 5.24. The molecule has 2 rings (SSSR count). The fourth-order valence-corrected chi connectivity index (χ4v) is 1.95. The Labute approximate surface area is 128 Å². The highest BCUT2D eigenvalue weighted by Crippen LogP contribution is 2.07. The van der Waals surface area contributed by atoms with Crippen LogP contribution in [0.4, 0.5) is 0 Å². The van der Waals surface area contributed by atoms with Gasteiger partial charge in [0.2, 0.25) is 0 Å². The highest BCUT2D eigenvalue weighted by Gasteiger charge is 2.01. The van der Waals surface area contributed by atoms with E-state index in [0.29, 0.717) is 25.4 Å². The lowest BCUT2D eigenvalue weighted by Crippen LogP contribution is -2.31. The Morgan fingerprint density at radius 3 is 2.55 bits per heavy atom. The van der Waals surface area contributed by atoms with Crippen molar-refractivity contribution in [2.45, 2.75) is 27.2 Å². The number of H-pyrrole nitrogens is 1. The molecule has 0 unspecified atom stereocenters. The number of nitrogens with zero attached hydrogens (tertiary/aromatic N) is 1. The first kappa shape index (κ1) is 16.2. The maximum absolute atomic E-state index is 11.5. The number of aromatic amines is 1. The van der Waals surface area contributed by atoms with Gasteiger partial charge in [0.1, 0.15) is 6.73 Å². The van der Waals surface area contributed by atoms with Gasteiger partial charge in [0.05, 0.1) is 19.8 Å². The minimum absolute atomic E-state index is 0.0875. The lowest BCUT2D eigenvalue weighted by molar-refractivity contribution is 0.0119. The first-order valence-corrected chi connectivity index (χ1v) is 7.08. The van der Waals surface area contributed by atoms with Gasteiger partial charge >= 0.3 is 5.69 Å². The van der Waals surface area contributed by atoms with Crippen LogP contribution >= 0.6 is 0 Å². The quantitative estimate of drug-likeness (QED) is 0.784. The molecule has 1 heterocycles. The van der Waals surface area contributed by atoms with Crippen LogP contribution in [0.3, 0.4) is 0 Å². The summed E-state index contributed by atoms with van der Waals surface area (Å²) >= 11 is 0. The Morgan fingerprint density at radius 1 is 1.05 bits per heavy atom. The van der Waals surface area contributed by atoms with E-state index in [9.17, 15) is 9.59 Å². The Hall–Kier alpha value is -2.18. The smallest absolute Gasteiger partial charge is 0.330 e. The lowest BCUT2D eigenvalue weighted by atomic mass is 10.1. The maximum atomic E-state index is 11.5. The first-order valence-electron chi connectivity index (χ1n) is 7.08. The molecule has 1 N–H and O–H groups in total. The van der Waals surface area contributed by atoms with Gasteiger partial charge in [-0.1, -0.05) is 24.3 Å². The van der Waals surface area contributed by atoms with Gasteiger partial charge in [-0.2, -0.15) is 0 Å². The zero-order valence-corrected chi connectivity index (χ0v) is 12.8. The molecule has 1 aromatic heterocycles. The van der Waals surface area contributed by atoms with Crippen molar-refractivity contribution in [1.29, 1.82) is 0 Å². The minimum Gasteiger partial charge on any atom is -0.374 e. The Bertz CT molecular complexity index is 733. The first-order chi connectivity index (χ1) is 10.6. The van der Waals surface area contributed by atoms with Crippen molar-refractivity contribution in [2.75, 3.05) is 13.2 Å². The summed E-state index contributed by atoms with van der Waals surface area (Å²) in [5.74, 6) is 0. The molecular weight excluding hydrogens is 284 g/mol. The summed E-state index contributed by atoms with van der Waals surface area (Å²) in [6, 6.07) is 8.04. The van der Waals surface area contributed by atoms with Gasteiger partial charge in [-0.3, -0.25) is 14.3 Å². The fraction of sp³-hybridized carbons (Fsp3) is 0.375. The number of ether oxygens (including phenoxy) is 2. The SMILES string of the molecule is Cc1ccccc1COCCOCn1cc(C)c(=O)[nH]c1=O. The molecule has 0 spiro atoms. The minimum atomic E-state index is -0.476. The third kappa shape index (κ3) is 4.41. The Balaban J connectivity index is 1.72. The zero-order chi connectivity index (χ0) is 15.9. The van der Waals surface area contributed by atoms with Gasteiger partial charge in [-0.05, 0) is 25.0 Å². The monoisotopic (exact) mass is 304 g/mol. The van der Waals surface area contributed by atoms with Crippen molar-refractivity contribution in [2.24, 2.45) is 0 Å². The number of aryl methyl sites for hydroxylation is 2. The Morgan fingerprint density at radius 2 is 1.77 bits per heavy atom. The van der Waals surface area contributed by atoms with E-state index < -0.39 is 5.69 Å². The van der Waals surface area contributed by atoms with Crippen LogP contribution in [-0.4, -0.2) is 22.8 Å². The molecule has 2 aromatic rings. The average molecular weight is 304 g/mol. The van der Waals surface area contributed by atoms with Crippen LogP contribution in [0.1, 0.15) is 16.7 Å². The van der Waals surface area contributed by atoms with Gasteiger partial charge in [-0.15, -0.1) is 0 Å². The van der Waals surface area contributed by atoms with Crippen LogP contribution < -0.4 is 11.2 Å². The van der Waals surface area contributed by atoms with E-state index in [2.05, 4.69) is 4.98 Å². The predicted octanol–water partition coefficient (Wildman–Crippen LogP) is 1.34. The van der Waals surface area contributed by atoms with Gasteiger partial charge in [0.25, 0.3) is 5.56 Å². The summed E-state index contributed by atoms with van der Waals surface area (Å²) in [4.78, 5) is 25.0. The van der Waals surface area contributed by atoms with E-state index >= 15 is 0 Å². The van der Waals surface area contributed by atoms with Gasteiger partial charge < -0.3 is 9.47 Å². The van der Waals surface area contributed by atoms with E-state index in [4.69, 9.17) is 9.47 Å². The van der Waals surface area contributed by atoms with E-state index in [-0.39, 0.29) is 12.3 Å². The van der Waals surface area contributed by atoms with Crippen LogP contribution in [0.5, 0.6) is 0 Å². The van der Waals surface area contributed by atoms with Gasteiger partial charge in [0.15, 0.2) is 0 Å². The molecule has 6 heteroatoms. The molecule has 0 amide bonds. The van der Waals surface area contributed by atoms with Gasteiger partial charge in [-0.25, -0.2) is 4.79 Å². The molecule has 118 valence electrons. The maximum Gasteiger partial charge on any atom is 0.330 e. The molecule has 6 nitrogen and oxygen atoms in total. The van der Waals surface area contributed by atoms with Crippen LogP contribution in [0.2, 0.25) is 0 Å². The molecule has 0 aliphatic heterocycles. The van der Waals surface area contributed by atoms with Gasteiger partial charge in [0, 0.05) is 11.8 Å². The molecular formula is C16H20N2O4. The second-order valence-corrected chi connectivity index (χ2v) is 5.06. The highest BCUT2D eigenvalue weighted by atomic mass is 16.5. The van der Waals surface area contributed by atoms with E-state index in [0.717, 1.165) is 5.56 Å². The summed E-state index contributed by atoms with van der Waals surface area (Å²) in [6.07, 6.45) is 1.48. The largest absolute Gasteiger partial charge is 0.374 e. The topological polar surface area (TPSA) is 73.3 Å². The van der Waals surface area contributed by atoms with Crippen molar-refractivity contribution >= 4 is 0 Å². The zero-order valence-electron chi connectivity index (χ0n) is 12.8. The molecule has 0 bridgehead atoms. The molecule has 0 aliphatic carbocycles. The normalized spacial score (nSPS) is 10.8. The Kier molecular flexibility index (Phi) is 5.68. The fourth-order valence-electron chi connectivity index (χ4n) is 1.95. The van der Waals surface area contributed by atoms with Crippen molar-refractivity contribution in [3.8, 4) is 0 Å². The number of hydrogen-bond donors (Lipinski definition) is 1. The van der Waals surface area contributed by atoms with E-state index in [1.807, 2.05) is 31.2 Å². The van der Waals surface area contributed by atoms with E-state index in [1.165, 1.54) is 16.3 Å². The molecule has 1 aromatic carbocycles. The number of hydrogen-bond acceptors (Lipinski definition) is 4. The number of benzene rings is 1. The molecule has 0 aliphatic rings. The van der Waals surface area contributed by atoms with Crippen LogP contribution in [0.25, 0.3) is 0 Å². The van der Waals surface area contributed by atoms with Crippen LogP contribution in [-0.2, 0) is 22.8 Å². The molecule has 22 heavy (non-hydrogen) atoms. The summed E-state index contributed by atoms with van der Waals surface area (Å²) in [5.41, 5.74) is 1.96. The van der Waals surface area contributed by atoms with Crippen LogP contribution in [0, 0.1) is 13.8 Å². The third-order valence-corrected chi connectivity index (χ3v) is 3.31. The van der Waals surface area contributed by atoms with Crippen molar-refractivity contribution in [3.05, 3.63) is 68.0 Å². The van der Waals surface area contributed by atoms with E-state index in [1.54, 1.807) is 6.92 Å². The second-order valence-electron chi connectivity index (χ2n) is 5.06. The standard InChI is InChI=1S/C16H20N2O4/c1-12-5-3-4-6-14(12)10-21-7-8-22-11-18-9-13(2)15(19)17-16(18)20/h3-6,9H,7-8,10-11H2,1-2H3,(H,17,19,20). The van der Waals surface area contributed by atoms with Crippen LogP contribution in [0.15, 0.2) is 40.1 Å². The summed E-state index contributed by atoms with van der Waals surface area (Å²) in [7, 11) is 0. The predicted molar refractivity (Wildman–Crippen MR) is 82.8 cm³/mol. The molecule has 0 atom stereocenters. The molecule has 0 saturated carbocycles. The van der Waals surface area contributed by atoms with Crippen molar-refractivity contribution in [3.63, 3.8) is 0 Å². The molecule has 0 saturated heterocycles. The van der Waals surface area contributed by atoms with Crippen molar-refractivity contribution < 1.29 is 9.47 Å². The number of rotatable bonds is 7. The third-order valence-electron chi connectivity index (χ3n) is 3.31. The number of nitrogens with one attached hydrogen (secondary N) is 1. The molecule has 0 fully saturated rings. The number of aromatic nitrogens is 2. The van der Waals surface area contributed by atoms with Crippen molar-refractivity contribution in [1.82, 2.24) is 9.55 Å². The molecule has 0 radical (unpaired) electrons. The average Bonchev–Trinajstić information content (AvgIpc) is 2.49. The second kappa shape index (κ2) is 7.72. The summed E-state index contributed by atoms with van der Waals surface area (Å²) < 4.78 is 12.2. The summed E-state index contributed by atoms with van der Waals surface area (Å²) in [6.45, 7) is 5.11. The lowest BCUT2D eigenvalue weighted by Gasteiger charge is -2.09.